The third-order valence-corrected chi connectivity index (χ3v) is 5.87. The molecular weight excluding hydrogens is 352 g/mol. The summed E-state index contributed by atoms with van der Waals surface area (Å²) in [6.07, 6.45) is 2.43. The molecular formula is C20H27F2N3O2. The Hall–Kier alpha value is -2.02. The Balaban J connectivity index is 1.66. The van der Waals surface area contributed by atoms with E-state index in [9.17, 15) is 18.4 Å². The zero-order valence-electron chi connectivity index (χ0n) is 16.0. The van der Waals surface area contributed by atoms with Crippen molar-refractivity contribution in [3.05, 3.63) is 35.4 Å². The van der Waals surface area contributed by atoms with Gasteiger partial charge in [-0.15, -0.1) is 0 Å². The van der Waals surface area contributed by atoms with E-state index in [4.69, 9.17) is 0 Å². The number of carbonyl (C=O) groups excluding carboxylic acids is 2. The summed E-state index contributed by atoms with van der Waals surface area (Å²) in [4.78, 5) is 30.8. The summed E-state index contributed by atoms with van der Waals surface area (Å²) in [6.45, 7) is 5.16. The second-order valence-electron chi connectivity index (χ2n) is 7.73. The van der Waals surface area contributed by atoms with Gasteiger partial charge in [-0.1, -0.05) is 6.07 Å². The standard InChI is InChI=1S/C20H27F2N3O2/c1-3-23(2)18(26)13-24-10-8-20(14-24)7-4-9-25(19(20)27)12-15-5-6-16(21)17(22)11-15/h5-6,11H,3-4,7-10,12-14H2,1-2H3/t20-/m0/s1. The van der Waals surface area contributed by atoms with Crippen LogP contribution in [0.3, 0.4) is 0 Å². The second-order valence-corrected chi connectivity index (χ2v) is 7.73. The SMILES string of the molecule is CCN(C)C(=O)CN1CC[C@@]2(CCCN(Cc3ccc(F)c(F)c3)C2=O)C1. The monoisotopic (exact) mass is 379 g/mol. The van der Waals surface area contributed by atoms with Crippen LogP contribution >= 0.6 is 0 Å². The van der Waals surface area contributed by atoms with Gasteiger partial charge in [0.2, 0.25) is 11.8 Å². The molecule has 0 aliphatic carbocycles. The number of benzene rings is 1. The minimum absolute atomic E-state index is 0.0662. The Morgan fingerprint density at radius 1 is 1.22 bits per heavy atom. The van der Waals surface area contributed by atoms with Crippen molar-refractivity contribution in [3.63, 3.8) is 0 Å². The van der Waals surface area contributed by atoms with Gasteiger partial charge in [0.1, 0.15) is 0 Å². The molecule has 5 nitrogen and oxygen atoms in total. The van der Waals surface area contributed by atoms with Gasteiger partial charge in [-0.05, 0) is 50.4 Å². The van der Waals surface area contributed by atoms with E-state index >= 15 is 0 Å². The van der Waals surface area contributed by atoms with Crippen LogP contribution in [0.1, 0.15) is 31.7 Å². The Kier molecular flexibility index (Phi) is 5.79. The van der Waals surface area contributed by atoms with Crippen molar-refractivity contribution in [2.75, 3.05) is 39.8 Å². The van der Waals surface area contributed by atoms with Crippen LogP contribution in [0, 0.1) is 17.0 Å². The van der Waals surface area contributed by atoms with Crippen molar-refractivity contribution in [1.82, 2.24) is 14.7 Å². The lowest BCUT2D eigenvalue weighted by Crippen LogP contribution is -2.50. The Morgan fingerprint density at radius 2 is 2.00 bits per heavy atom. The summed E-state index contributed by atoms with van der Waals surface area (Å²) in [5.74, 6) is -1.64. The lowest BCUT2D eigenvalue weighted by Gasteiger charge is -2.39. The molecule has 0 bridgehead atoms. The number of likely N-dealkylation sites (N-methyl/N-ethyl adjacent to an activating group) is 1. The number of amides is 2. The molecule has 2 amide bonds. The minimum atomic E-state index is -0.891. The van der Waals surface area contributed by atoms with Gasteiger partial charge in [0, 0.05) is 33.2 Å². The van der Waals surface area contributed by atoms with E-state index in [0.717, 1.165) is 37.9 Å². The van der Waals surface area contributed by atoms with Gasteiger partial charge in [0.15, 0.2) is 11.6 Å². The second kappa shape index (κ2) is 7.92. The van der Waals surface area contributed by atoms with E-state index in [-0.39, 0.29) is 18.4 Å². The summed E-state index contributed by atoms with van der Waals surface area (Å²) >= 11 is 0. The molecule has 0 N–H and O–H groups in total. The van der Waals surface area contributed by atoms with Crippen LogP contribution in [0.5, 0.6) is 0 Å². The van der Waals surface area contributed by atoms with E-state index in [1.54, 1.807) is 16.8 Å². The average Bonchev–Trinajstić information content (AvgIpc) is 3.05. The molecule has 27 heavy (non-hydrogen) atoms. The quantitative estimate of drug-likeness (QED) is 0.788. The number of piperidine rings is 1. The fraction of sp³-hybridized carbons (Fsp3) is 0.600. The van der Waals surface area contributed by atoms with Crippen molar-refractivity contribution in [3.8, 4) is 0 Å². The first-order chi connectivity index (χ1) is 12.8. The van der Waals surface area contributed by atoms with Gasteiger partial charge in [0.05, 0.1) is 12.0 Å². The molecule has 1 aromatic carbocycles. The normalized spacial score (nSPS) is 23.3. The first-order valence-electron chi connectivity index (χ1n) is 9.54. The van der Waals surface area contributed by atoms with Crippen LogP contribution in [0.25, 0.3) is 0 Å². The third-order valence-electron chi connectivity index (χ3n) is 5.87. The molecule has 0 aromatic heterocycles. The fourth-order valence-electron chi connectivity index (χ4n) is 4.12. The number of hydrogen-bond donors (Lipinski definition) is 0. The third kappa shape index (κ3) is 4.13. The predicted molar refractivity (Wildman–Crippen MR) is 97.8 cm³/mol. The number of carbonyl (C=O) groups is 2. The van der Waals surface area contributed by atoms with Gasteiger partial charge < -0.3 is 9.80 Å². The van der Waals surface area contributed by atoms with Gasteiger partial charge in [-0.3, -0.25) is 14.5 Å². The predicted octanol–water partition coefficient (Wildman–Crippen LogP) is 2.26. The Bertz CT molecular complexity index is 727. The van der Waals surface area contributed by atoms with Crippen molar-refractivity contribution in [1.29, 1.82) is 0 Å². The van der Waals surface area contributed by atoms with Crippen molar-refractivity contribution in [2.45, 2.75) is 32.7 Å². The van der Waals surface area contributed by atoms with Crippen molar-refractivity contribution in [2.24, 2.45) is 5.41 Å². The minimum Gasteiger partial charge on any atom is -0.345 e. The van der Waals surface area contributed by atoms with E-state index < -0.39 is 17.0 Å². The highest BCUT2D eigenvalue weighted by molar-refractivity contribution is 5.84. The van der Waals surface area contributed by atoms with Gasteiger partial charge in [0.25, 0.3) is 0 Å². The number of halogens is 2. The average molecular weight is 379 g/mol. The van der Waals surface area contributed by atoms with Gasteiger partial charge in [-0.2, -0.15) is 0 Å². The van der Waals surface area contributed by atoms with Crippen LogP contribution in [0.15, 0.2) is 18.2 Å². The number of rotatable bonds is 5. The zero-order valence-corrected chi connectivity index (χ0v) is 16.0. The maximum atomic E-state index is 13.5. The molecule has 1 aromatic rings. The first kappa shape index (κ1) is 19.7. The van der Waals surface area contributed by atoms with Gasteiger partial charge >= 0.3 is 0 Å². The van der Waals surface area contributed by atoms with Crippen LogP contribution in [0.4, 0.5) is 8.78 Å². The van der Waals surface area contributed by atoms with Crippen LogP contribution in [-0.2, 0) is 16.1 Å². The molecule has 1 spiro atoms. The molecule has 0 saturated carbocycles. The highest BCUT2D eigenvalue weighted by Crippen LogP contribution is 2.40. The maximum Gasteiger partial charge on any atom is 0.236 e. The van der Waals surface area contributed by atoms with E-state index in [0.29, 0.717) is 31.7 Å². The highest BCUT2D eigenvalue weighted by Gasteiger charge is 2.48. The molecule has 2 aliphatic rings. The lowest BCUT2D eigenvalue weighted by atomic mass is 9.78. The molecule has 2 fully saturated rings. The number of nitrogens with zero attached hydrogens (tertiary/aromatic N) is 3. The topological polar surface area (TPSA) is 43.9 Å². The first-order valence-corrected chi connectivity index (χ1v) is 9.54. The molecule has 148 valence electrons. The van der Waals surface area contributed by atoms with E-state index in [1.165, 1.54) is 6.07 Å². The molecule has 2 aliphatic heterocycles. The molecule has 2 heterocycles. The van der Waals surface area contributed by atoms with E-state index in [1.807, 2.05) is 6.92 Å². The zero-order chi connectivity index (χ0) is 19.6. The maximum absolute atomic E-state index is 13.5. The molecule has 2 saturated heterocycles. The smallest absolute Gasteiger partial charge is 0.236 e. The highest BCUT2D eigenvalue weighted by atomic mass is 19.2. The van der Waals surface area contributed by atoms with Crippen LogP contribution in [0.2, 0.25) is 0 Å². The molecule has 0 unspecified atom stereocenters. The Labute approximate surface area is 158 Å². The van der Waals surface area contributed by atoms with Crippen LogP contribution in [-0.4, -0.2) is 66.3 Å². The molecule has 1 atom stereocenters. The number of likely N-dealkylation sites (tertiary alicyclic amines) is 2. The summed E-state index contributed by atoms with van der Waals surface area (Å²) < 4.78 is 26.6. The summed E-state index contributed by atoms with van der Waals surface area (Å²) in [5, 5.41) is 0. The summed E-state index contributed by atoms with van der Waals surface area (Å²) in [5.41, 5.74) is 0.135. The van der Waals surface area contributed by atoms with Crippen molar-refractivity contribution >= 4 is 11.8 Å². The van der Waals surface area contributed by atoms with Crippen LogP contribution < -0.4 is 0 Å². The summed E-state index contributed by atoms with van der Waals surface area (Å²) in [7, 11) is 1.78. The molecule has 7 heteroatoms. The number of hydrogen-bond acceptors (Lipinski definition) is 3. The fourth-order valence-corrected chi connectivity index (χ4v) is 4.12. The lowest BCUT2D eigenvalue weighted by molar-refractivity contribution is -0.146. The summed E-state index contributed by atoms with van der Waals surface area (Å²) in [6, 6.07) is 3.78. The molecule has 3 rings (SSSR count). The largest absolute Gasteiger partial charge is 0.345 e. The van der Waals surface area contributed by atoms with Gasteiger partial charge in [-0.25, -0.2) is 8.78 Å². The van der Waals surface area contributed by atoms with Crippen molar-refractivity contribution < 1.29 is 18.4 Å². The van der Waals surface area contributed by atoms with E-state index in [2.05, 4.69) is 4.90 Å². The molecule has 0 radical (unpaired) electrons. The Morgan fingerprint density at radius 3 is 2.70 bits per heavy atom.